The minimum atomic E-state index is -0.994. The average Bonchev–Trinajstić information content (AvgIpc) is 2.92. The van der Waals surface area contributed by atoms with E-state index < -0.39 is 11.6 Å². The molecule has 1 aromatic heterocycles. The molecule has 1 aromatic rings. The van der Waals surface area contributed by atoms with Crippen molar-refractivity contribution in [3.05, 3.63) is 17.0 Å². The van der Waals surface area contributed by atoms with Gasteiger partial charge in [-0.15, -0.1) is 0 Å². The van der Waals surface area contributed by atoms with E-state index in [-0.39, 0.29) is 17.6 Å². The van der Waals surface area contributed by atoms with Crippen molar-refractivity contribution in [1.82, 2.24) is 15.1 Å². The van der Waals surface area contributed by atoms with Crippen LogP contribution in [0.5, 0.6) is 0 Å². The quantitative estimate of drug-likeness (QED) is 0.871. The van der Waals surface area contributed by atoms with Crippen LogP contribution in [-0.4, -0.2) is 51.0 Å². The van der Waals surface area contributed by atoms with Crippen LogP contribution < -0.4 is 0 Å². The summed E-state index contributed by atoms with van der Waals surface area (Å²) in [5.74, 6) is -1.07. The van der Waals surface area contributed by atoms with Crippen molar-refractivity contribution in [2.75, 3.05) is 13.1 Å². The summed E-state index contributed by atoms with van der Waals surface area (Å²) in [4.78, 5) is 24.9. The number of aromatic nitrogens is 2. The van der Waals surface area contributed by atoms with E-state index in [1.54, 1.807) is 11.8 Å². The van der Waals surface area contributed by atoms with Gasteiger partial charge in [0.2, 0.25) is 0 Å². The van der Waals surface area contributed by atoms with E-state index in [9.17, 15) is 14.7 Å². The second-order valence-corrected chi connectivity index (χ2v) is 6.33. The lowest BCUT2D eigenvalue weighted by Gasteiger charge is -2.24. The lowest BCUT2D eigenvalue weighted by molar-refractivity contribution is 0.0292. The Labute approximate surface area is 123 Å². The molecular formula is C14H21N3O4. The maximum atomic E-state index is 12.0. The molecule has 0 aliphatic carbocycles. The van der Waals surface area contributed by atoms with Crippen molar-refractivity contribution < 1.29 is 19.4 Å². The zero-order valence-corrected chi connectivity index (χ0v) is 12.8. The van der Waals surface area contributed by atoms with Gasteiger partial charge in [-0.3, -0.25) is 5.10 Å². The molecule has 2 rings (SSSR count). The molecule has 7 heteroatoms. The van der Waals surface area contributed by atoms with Gasteiger partial charge in [-0.2, -0.15) is 5.10 Å². The lowest BCUT2D eigenvalue weighted by atomic mass is 10.00. The van der Waals surface area contributed by atoms with Gasteiger partial charge in [-0.25, -0.2) is 9.59 Å². The molecule has 0 spiro atoms. The smallest absolute Gasteiger partial charge is 0.410 e. The summed E-state index contributed by atoms with van der Waals surface area (Å²) >= 11 is 0. The van der Waals surface area contributed by atoms with Gasteiger partial charge in [-0.1, -0.05) is 0 Å². The molecule has 1 unspecified atom stereocenters. The number of likely N-dealkylation sites (tertiary alicyclic amines) is 1. The van der Waals surface area contributed by atoms with Gasteiger partial charge >= 0.3 is 12.1 Å². The van der Waals surface area contributed by atoms with Crippen LogP contribution in [0, 0.1) is 6.92 Å². The Hall–Kier alpha value is -2.05. The third-order valence-electron chi connectivity index (χ3n) is 3.42. The Kier molecular flexibility index (Phi) is 3.93. The van der Waals surface area contributed by atoms with Crippen molar-refractivity contribution >= 4 is 12.1 Å². The topological polar surface area (TPSA) is 95.5 Å². The molecule has 1 aliphatic rings. The van der Waals surface area contributed by atoms with Crippen LogP contribution in [0.4, 0.5) is 4.79 Å². The van der Waals surface area contributed by atoms with Gasteiger partial charge in [0.15, 0.2) is 0 Å². The lowest BCUT2D eigenvalue weighted by Crippen LogP contribution is -2.35. The second kappa shape index (κ2) is 5.38. The van der Waals surface area contributed by atoms with E-state index in [0.29, 0.717) is 30.9 Å². The summed E-state index contributed by atoms with van der Waals surface area (Å²) in [5, 5.41) is 16.1. The van der Waals surface area contributed by atoms with E-state index in [1.807, 2.05) is 20.8 Å². The second-order valence-electron chi connectivity index (χ2n) is 6.33. The van der Waals surface area contributed by atoms with Gasteiger partial charge in [0.1, 0.15) is 11.2 Å². The van der Waals surface area contributed by atoms with Crippen molar-refractivity contribution in [2.24, 2.45) is 0 Å². The first-order valence-electron chi connectivity index (χ1n) is 6.95. The van der Waals surface area contributed by atoms with Crippen LogP contribution in [-0.2, 0) is 4.74 Å². The molecule has 21 heavy (non-hydrogen) atoms. The normalized spacial score (nSPS) is 18.9. The van der Waals surface area contributed by atoms with Crippen molar-refractivity contribution in [1.29, 1.82) is 0 Å². The molecule has 2 heterocycles. The number of nitrogens with zero attached hydrogens (tertiary/aromatic N) is 2. The maximum Gasteiger partial charge on any atom is 0.410 e. The van der Waals surface area contributed by atoms with Gasteiger partial charge in [0, 0.05) is 24.7 Å². The van der Waals surface area contributed by atoms with E-state index in [2.05, 4.69) is 10.2 Å². The number of hydrogen-bond donors (Lipinski definition) is 2. The summed E-state index contributed by atoms with van der Waals surface area (Å²) in [7, 11) is 0. The fourth-order valence-electron chi connectivity index (χ4n) is 2.49. The number of aromatic carboxylic acids is 1. The van der Waals surface area contributed by atoms with Gasteiger partial charge in [0.25, 0.3) is 0 Å². The van der Waals surface area contributed by atoms with E-state index in [1.165, 1.54) is 0 Å². The van der Waals surface area contributed by atoms with E-state index in [0.717, 1.165) is 0 Å². The highest BCUT2D eigenvalue weighted by Crippen LogP contribution is 2.30. The highest BCUT2D eigenvalue weighted by atomic mass is 16.6. The predicted octanol–water partition coefficient (Wildman–Crippen LogP) is 2.14. The van der Waals surface area contributed by atoms with Crippen molar-refractivity contribution in [2.45, 2.75) is 45.6 Å². The Balaban J connectivity index is 2.10. The number of carbonyl (C=O) groups is 2. The number of amides is 1. The molecule has 0 bridgehead atoms. The number of carboxylic acid groups (broad SMARTS) is 1. The molecular weight excluding hydrogens is 274 g/mol. The predicted molar refractivity (Wildman–Crippen MR) is 75.4 cm³/mol. The number of aromatic amines is 1. The minimum Gasteiger partial charge on any atom is -0.478 e. The molecule has 7 nitrogen and oxygen atoms in total. The third-order valence-corrected chi connectivity index (χ3v) is 3.42. The summed E-state index contributed by atoms with van der Waals surface area (Å²) in [6.07, 6.45) is 0.318. The number of H-pyrrole nitrogens is 1. The van der Waals surface area contributed by atoms with Crippen LogP contribution in [0.15, 0.2) is 0 Å². The van der Waals surface area contributed by atoms with Crippen LogP contribution in [0.25, 0.3) is 0 Å². The van der Waals surface area contributed by atoms with Gasteiger partial charge < -0.3 is 14.7 Å². The number of carboxylic acids is 1. The number of aryl methyl sites for hydroxylation is 1. The number of ether oxygens (including phenoxy) is 1. The molecule has 2 N–H and O–H groups in total. The molecule has 1 aliphatic heterocycles. The third kappa shape index (κ3) is 3.34. The summed E-state index contributed by atoms with van der Waals surface area (Å²) in [5.41, 5.74) is 0.731. The SMILES string of the molecule is Cc1[nH]nc(C2CCN(C(=O)OC(C)(C)C)C2)c1C(=O)O. The highest BCUT2D eigenvalue weighted by Gasteiger charge is 2.34. The molecule has 116 valence electrons. The molecule has 0 aromatic carbocycles. The molecule has 0 saturated carbocycles. The van der Waals surface area contributed by atoms with Crippen molar-refractivity contribution in [3.63, 3.8) is 0 Å². The zero-order chi connectivity index (χ0) is 15.8. The Morgan fingerprint density at radius 2 is 2.10 bits per heavy atom. The molecule has 1 atom stereocenters. The van der Waals surface area contributed by atoms with Gasteiger partial charge in [0.05, 0.1) is 5.69 Å². The first kappa shape index (κ1) is 15.3. The highest BCUT2D eigenvalue weighted by molar-refractivity contribution is 5.90. The summed E-state index contributed by atoms with van der Waals surface area (Å²) in [6.45, 7) is 8.11. The molecule has 1 fully saturated rings. The fourth-order valence-corrected chi connectivity index (χ4v) is 2.49. The first-order valence-corrected chi connectivity index (χ1v) is 6.95. The summed E-state index contributed by atoms with van der Waals surface area (Å²) < 4.78 is 5.33. The van der Waals surface area contributed by atoms with Crippen LogP contribution in [0.2, 0.25) is 0 Å². The number of hydrogen-bond acceptors (Lipinski definition) is 4. The summed E-state index contributed by atoms with van der Waals surface area (Å²) in [6, 6.07) is 0. The fraction of sp³-hybridized carbons (Fsp3) is 0.643. The number of carbonyl (C=O) groups excluding carboxylic acids is 1. The molecule has 1 saturated heterocycles. The van der Waals surface area contributed by atoms with Crippen molar-refractivity contribution in [3.8, 4) is 0 Å². The first-order chi connectivity index (χ1) is 9.69. The maximum absolute atomic E-state index is 12.0. The molecule has 1 amide bonds. The van der Waals surface area contributed by atoms with Crippen LogP contribution >= 0.6 is 0 Å². The van der Waals surface area contributed by atoms with E-state index >= 15 is 0 Å². The van der Waals surface area contributed by atoms with Gasteiger partial charge in [-0.05, 0) is 34.1 Å². The molecule has 0 radical (unpaired) electrons. The van der Waals surface area contributed by atoms with E-state index in [4.69, 9.17) is 4.74 Å². The van der Waals surface area contributed by atoms with Crippen LogP contribution in [0.3, 0.4) is 0 Å². The standard InChI is InChI=1S/C14H21N3O4/c1-8-10(12(18)19)11(16-15-8)9-5-6-17(7-9)13(20)21-14(2,3)4/h9H,5-7H2,1-4H3,(H,15,16)(H,18,19). The average molecular weight is 295 g/mol. The number of rotatable bonds is 2. The number of nitrogens with one attached hydrogen (secondary N) is 1. The largest absolute Gasteiger partial charge is 0.478 e. The zero-order valence-electron chi connectivity index (χ0n) is 12.8. The van der Waals surface area contributed by atoms with Crippen LogP contribution in [0.1, 0.15) is 54.9 Å². The minimum absolute atomic E-state index is 0.0754. The monoisotopic (exact) mass is 295 g/mol. The Morgan fingerprint density at radius 1 is 1.43 bits per heavy atom. The Morgan fingerprint density at radius 3 is 2.67 bits per heavy atom. The Bertz CT molecular complexity index is 559.